The fourth-order valence-electron chi connectivity index (χ4n) is 0.986. The van der Waals surface area contributed by atoms with Crippen LogP contribution in [-0.2, 0) is 6.61 Å². The third-order valence-electron chi connectivity index (χ3n) is 1.71. The molecule has 68 valence electrons. The van der Waals surface area contributed by atoms with Gasteiger partial charge < -0.3 is 10.0 Å². The predicted octanol–water partition coefficient (Wildman–Crippen LogP) is 0.643. The summed E-state index contributed by atoms with van der Waals surface area (Å²) in [5.74, 6) is 3.31. The molecule has 0 saturated carbocycles. The Balaban J connectivity index is 2.83. The van der Waals surface area contributed by atoms with Crippen LogP contribution in [0.3, 0.4) is 0 Å². The lowest BCUT2D eigenvalue weighted by molar-refractivity contribution is 0.282. The Morgan fingerprint density at radius 1 is 1.69 bits per heavy atom. The number of hydrogen-bond acceptors (Lipinski definition) is 3. The minimum atomic E-state index is 0.0272. The summed E-state index contributed by atoms with van der Waals surface area (Å²) in [5, 5.41) is 8.89. The van der Waals surface area contributed by atoms with Gasteiger partial charge in [-0.25, -0.2) is 4.98 Å². The van der Waals surface area contributed by atoms with Gasteiger partial charge >= 0.3 is 0 Å². The SMILES string of the molecule is C#CCN(C)c1cc(CO)ccn1. The van der Waals surface area contributed by atoms with E-state index in [4.69, 9.17) is 11.5 Å². The Kier molecular flexibility index (Phi) is 3.30. The second kappa shape index (κ2) is 4.48. The summed E-state index contributed by atoms with van der Waals surface area (Å²) in [4.78, 5) is 5.97. The average Bonchev–Trinajstić information content (AvgIpc) is 2.18. The van der Waals surface area contributed by atoms with Gasteiger partial charge in [-0.15, -0.1) is 6.42 Å². The highest BCUT2D eigenvalue weighted by atomic mass is 16.3. The van der Waals surface area contributed by atoms with Crippen LogP contribution in [0, 0.1) is 12.3 Å². The van der Waals surface area contributed by atoms with Crippen molar-refractivity contribution in [1.82, 2.24) is 4.98 Å². The Hall–Kier alpha value is -1.53. The number of aliphatic hydroxyl groups excluding tert-OH is 1. The number of anilines is 1. The minimum Gasteiger partial charge on any atom is -0.392 e. The maximum Gasteiger partial charge on any atom is 0.129 e. The highest BCUT2D eigenvalue weighted by molar-refractivity contribution is 5.41. The van der Waals surface area contributed by atoms with Crippen LogP contribution in [0.25, 0.3) is 0 Å². The van der Waals surface area contributed by atoms with Crippen LogP contribution in [-0.4, -0.2) is 23.7 Å². The van der Waals surface area contributed by atoms with Gasteiger partial charge in [0, 0.05) is 13.2 Å². The fraction of sp³-hybridized carbons (Fsp3) is 0.300. The van der Waals surface area contributed by atoms with E-state index >= 15 is 0 Å². The zero-order chi connectivity index (χ0) is 9.68. The quantitative estimate of drug-likeness (QED) is 0.687. The van der Waals surface area contributed by atoms with Crippen LogP contribution < -0.4 is 4.90 Å². The molecule has 0 fully saturated rings. The summed E-state index contributed by atoms with van der Waals surface area (Å²) in [6.07, 6.45) is 6.83. The molecular weight excluding hydrogens is 164 g/mol. The smallest absolute Gasteiger partial charge is 0.129 e. The summed E-state index contributed by atoms with van der Waals surface area (Å²) in [7, 11) is 1.86. The summed E-state index contributed by atoms with van der Waals surface area (Å²) >= 11 is 0. The number of aliphatic hydroxyl groups is 1. The van der Waals surface area contributed by atoms with Crippen LogP contribution >= 0.6 is 0 Å². The van der Waals surface area contributed by atoms with Gasteiger partial charge in [0.2, 0.25) is 0 Å². The minimum absolute atomic E-state index is 0.0272. The van der Waals surface area contributed by atoms with Crippen molar-refractivity contribution in [3.63, 3.8) is 0 Å². The molecule has 0 atom stereocenters. The topological polar surface area (TPSA) is 36.4 Å². The van der Waals surface area contributed by atoms with Gasteiger partial charge in [0.25, 0.3) is 0 Å². The summed E-state index contributed by atoms with van der Waals surface area (Å²) in [6, 6.07) is 3.59. The van der Waals surface area contributed by atoms with Crippen LogP contribution in [0.5, 0.6) is 0 Å². The molecule has 0 amide bonds. The lowest BCUT2D eigenvalue weighted by Crippen LogP contribution is -2.18. The molecule has 0 aliphatic carbocycles. The van der Waals surface area contributed by atoms with Gasteiger partial charge in [0.1, 0.15) is 5.82 Å². The van der Waals surface area contributed by atoms with E-state index in [1.165, 1.54) is 0 Å². The van der Waals surface area contributed by atoms with Gasteiger partial charge in [-0.2, -0.15) is 0 Å². The Labute approximate surface area is 78.0 Å². The summed E-state index contributed by atoms with van der Waals surface area (Å²) < 4.78 is 0. The molecular formula is C10H12N2O. The number of aromatic nitrogens is 1. The molecule has 1 heterocycles. The molecule has 0 bridgehead atoms. The first kappa shape index (κ1) is 9.56. The van der Waals surface area contributed by atoms with Crippen molar-refractivity contribution >= 4 is 5.82 Å². The standard InChI is InChI=1S/C10H12N2O/c1-3-6-12(2)10-7-9(8-13)4-5-11-10/h1,4-5,7,13H,6,8H2,2H3. The van der Waals surface area contributed by atoms with Crippen molar-refractivity contribution in [2.45, 2.75) is 6.61 Å². The summed E-state index contributed by atoms with van der Waals surface area (Å²) in [5.41, 5.74) is 0.842. The molecule has 0 saturated heterocycles. The molecule has 1 aromatic heterocycles. The van der Waals surface area contributed by atoms with Crippen LogP contribution in [0.1, 0.15) is 5.56 Å². The van der Waals surface area contributed by atoms with E-state index in [1.54, 1.807) is 12.3 Å². The Morgan fingerprint density at radius 2 is 2.46 bits per heavy atom. The number of hydrogen-bond donors (Lipinski definition) is 1. The molecule has 1 N–H and O–H groups in total. The molecule has 0 radical (unpaired) electrons. The molecule has 1 rings (SSSR count). The van der Waals surface area contributed by atoms with Crippen molar-refractivity contribution in [1.29, 1.82) is 0 Å². The zero-order valence-corrected chi connectivity index (χ0v) is 7.57. The predicted molar refractivity (Wildman–Crippen MR) is 52.3 cm³/mol. The lowest BCUT2D eigenvalue weighted by atomic mass is 10.3. The number of terminal acetylenes is 1. The van der Waals surface area contributed by atoms with Gasteiger partial charge in [-0.05, 0) is 17.7 Å². The summed E-state index contributed by atoms with van der Waals surface area (Å²) in [6.45, 7) is 0.543. The molecule has 0 aliphatic heterocycles. The first-order valence-corrected chi connectivity index (χ1v) is 3.98. The zero-order valence-electron chi connectivity index (χ0n) is 7.57. The first-order chi connectivity index (χ1) is 6.27. The van der Waals surface area contributed by atoms with E-state index in [2.05, 4.69) is 10.9 Å². The van der Waals surface area contributed by atoms with E-state index in [0.717, 1.165) is 11.4 Å². The van der Waals surface area contributed by atoms with Crippen LogP contribution in [0.15, 0.2) is 18.3 Å². The Morgan fingerprint density at radius 3 is 3.08 bits per heavy atom. The molecule has 0 unspecified atom stereocenters. The molecule has 3 heteroatoms. The lowest BCUT2D eigenvalue weighted by Gasteiger charge is -2.14. The van der Waals surface area contributed by atoms with Crippen molar-refractivity contribution in [2.24, 2.45) is 0 Å². The van der Waals surface area contributed by atoms with E-state index in [-0.39, 0.29) is 6.61 Å². The van der Waals surface area contributed by atoms with Crippen molar-refractivity contribution in [2.75, 3.05) is 18.5 Å². The van der Waals surface area contributed by atoms with Gasteiger partial charge in [-0.1, -0.05) is 5.92 Å². The first-order valence-electron chi connectivity index (χ1n) is 3.98. The van der Waals surface area contributed by atoms with Gasteiger partial charge in [-0.3, -0.25) is 0 Å². The molecule has 1 aromatic rings. The second-order valence-electron chi connectivity index (χ2n) is 2.74. The Bertz CT molecular complexity index is 317. The third kappa shape index (κ3) is 2.46. The molecule has 0 aliphatic rings. The van der Waals surface area contributed by atoms with Gasteiger partial charge in [0.05, 0.1) is 13.2 Å². The maximum atomic E-state index is 8.89. The van der Waals surface area contributed by atoms with E-state index < -0.39 is 0 Å². The van der Waals surface area contributed by atoms with E-state index in [0.29, 0.717) is 6.54 Å². The number of rotatable bonds is 3. The second-order valence-corrected chi connectivity index (χ2v) is 2.74. The van der Waals surface area contributed by atoms with Crippen LogP contribution in [0.4, 0.5) is 5.82 Å². The van der Waals surface area contributed by atoms with Gasteiger partial charge in [0.15, 0.2) is 0 Å². The average molecular weight is 176 g/mol. The third-order valence-corrected chi connectivity index (χ3v) is 1.71. The number of nitrogens with zero attached hydrogens (tertiary/aromatic N) is 2. The van der Waals surface area contributed by atoms with Crippen molar-refractivity contribution in [3.05, 3.63) is 23.9 Å². The van der Waals surface area contributed by atoms with Crippen molar-refractivity contribution in [3.8, 4) is 12.3 Å². The molecule has 13 heavy (non-hydrogen) atoms. The monoisotopic (exact) mass is 176 g/mol. The van der Waals surface area contributed by atoms with E-state index in [1.807, 2.05) is 18.0 Å². The molecule has 0 aromatic carbocycles. The largest absolute Gasteiger partial charge is 0.392 e. The molecule has 0 spiro atoms. The maximum absolute atomic E-state index is 8.89. The van der Waals surface area contributed by atoms with Crippen molar-refractivity contribution < 1.29 is 5.11 Å². The fourth-order valence-corrected chi connectivity index (χ4v) is 0.986. The highest BCUT2D eigenvalue weighted by Gasteiger charge is 2.00. The highest BCUT2D eigenvalue weighted by Crippen LogP contribution is 2.10. The van der Waals surface area contributed by atoms with Crippen LogP contribution in [0.2, 0.25) is 0 Å². The van der Waals surface area contributed by atoms with E-state index in [9.17, 15) is 0 Å². The molecule has 3 nitrogen and oxygen atoms in total. The normalized spacial score (nSPS) is 9.31. The number of pyridine rings is 1.